The van der Waals surface area contributed by atoms with Crippen LogP contribution in [-0.2, 0) is 19.6 Å². The number of rotatable bonds is 8. The zero-order chi connectivity index (χ0) is 24.8. The maximum Gasteiger partial charge on any atom is 0.326 e. The SMILES string of the molecule is CN1CC(CN2C(=O)C3CC(S(=O)(=O)NC4(CF)CC4)CCC3N(CC3CCOCC3)C2=O)CN1. The smallest absolute Gasteiger partial charge is 0.326 e. The van der Waals surface area contributed by atoms with E-state index in [0.717, 1.165) is 19.4 Å². The van der Waals surface area contributed by atoms with Crippen LogP contribution >= 0.6 is 0 Å². The van der Waals surface area contributed by atoms with Gasteiger partial charge in [0.15, 0.2) is 0 Å². The second-order valence-electron chi connectivity index (χ2n) is 11.2. The van der Waals surface area contributed by atoms with E-state index in [2.05, 4.69) is 10.1 Å². The highest BCUT2D eigenvalue weighted by Gasteiger charge is 2.53. The normalized spacial score (nSPS) is 34.3. The summed E-state index contributed by atoms with van der Waals surface area (Å²) in [6.07, 6.45) is 3.74. The summed E-state index contributed by atoms with van der Waals surface area (Å²) < 4.78 is 47.7. The number of hydrazine groups is 1. The number of hydrogen-bond donors (Lipinski definition) is 2. The van der Waals surface area contributed by atoms with Crippen LogP contribution in [0.2, 0.25) is 0 Å². The van der Waals surface area contributed by atoms with Gasteiger partial charge in [0.2, 0.25) is 15.9 Å². The zero-order valence-electron chi connectivity index (χ0n) is 20.5. The van der Waals surface area contributed by atoms with Crippen LogP contribution in [0.5, 0.6) is 0 Å². The van der Waals surface area contributed by atoms with E-state index in [1.54, 1.807) is 0 Å². The summed E-state index contributed by atoms with van der Waals surface area (Å²) in [5, 5.41) is 1.20. The molecule has 10 nitrogen and oxygen atoms in total. The molecule has 0 spiro atoms. The first-order chi connectivity index (χ1) is 16.7. The molecule has 3 saturated heterocycles. The van der Waals surface area contributed by atoms with Gasteiger partial charge in [0, 0.05) is 58.4 Å². The van der Waals surface area contributed by atoms with Gasteiger partial charge in [-0.2, -0.15) is 0 Å². The van der Waals surface area contributed by atoms with Crippen LogP contribution in [0.15, 0.2) is 0 Å². The van der Waals surface area contributed by atoms with Crippen molar-refractivity contribution in [2.75, 3.05) is 53.1 Å². The molecule has 35 heavy (non-hydrogen) atoms. The number of sulfonamides is 1. The average molecular weight is 516 g/mol. The van der Waals surface area contributed by atoms with Crippen molar-refractivity contribution >= 4 is 22.0 Å². The van der Waals surface area contributed by atoms with E-state index in [1.807, 2.05) is 17.0 Å². The second kappa shape index (κ2) is 9.85. The van der Waals surface area contributed by atoms with Gasteiger partial charge >= 0.3 is 6.03 Å². The molecule has 4 atom stereocenters. The molecule has 0 radical (unpaired) electrons. The fourth-order valence-corrected chi connectivity index (χ4v) is 8.13. The van der Waals surface area contributed by atoms with Crippen molar-refractivity contribution in [3.8, 4) is 0 Å². The number of urea groups is 1. The third kappa shape index (κ3) is 5.22. The van der Waals surface area contributed by atoms with Gasteiger partial charge in [0.25, 0.3) is 0 Å². The van der Waals surface area contributed by atoms with E-state index in [9.17, 15) is 22.4 Å². The van der Waals surface area contributed by atoms with E-state index >= 15 is 0 Å². The summed E-state index contributed by atoms with van der Waals surface area (Å²) >= 11 is 0. The molecule has 5 fully saturated rings. The lowest BCUT2D eigenvalue weighted by Gasteiger charge is -2.49. The Balaban J connectivity index is 1.35. The minimum absolute atomic E-state index is 0.124. The molecule has 3 aliphatic heterocycles. The quantitative estimate of drug-likeness (QED) is 0.490. The van der Waals surface area contributed by atoms with Gasteiger partial charge in [-0.15, -0.1) is 0 Å². The summed E-state index contributed by atoms with van der Waals surface area (Å²) in [4.78, 5) is 30.5. The molecule has 198 valence electrons. The summed E-state index contributed by atoms with van der Waals surface area (Å²) in [5.41, 5.74) is 2.27. The number of carbonyl (C=O) groups excluding carboxylic acids is 2. The minimum Gasteiger partial charge on any atom is -0.381 e. The predicted molar refractivity (Wildman–Crippen MR) is 126 cm³/mol. The molecule has 0 aromatic carbocycles. The second-order valence-corrected chi connectivity index (χ2v) is 13.2. The van der Waals surface area contributed by atoms with E-state index < -0.39 is 33.4 Å². The van der Waals surface area contributed by atoms with Crippen LogP contribution < -0.4 is 10.1 Å². The Morgan fingerprint density at radius 1 is 1.11 bits per heavy atom. The molecule has 2 N–H and O–H groups in total. The lowest BCUT2D eigenvalue weighted by Crippen LogP contribution is -2.65. The van der Waals surface area contributed by atoms with Crippen molar-refractivity contribution < 1.29 is 27.1 Å². The van der Waals surface area contributed by atoms with Crippen LogP contribution in [0.4, 0.5) is 9.18 Å². The van der Waals surface area contributed by atoms with Gasteiger partial charge in [-0.3, -0.25) is 15.1 Å². The number of nitrogens with one attached hydrogen (secondary N) is 2. The molecule has 0 aromatic rings. The number of carbonyl (C=O) groups is 2. The summed E-state index contributed by atoms with van der Waals surface area (Å²) in [5.74, 6) is -0.386. The topological polar surface area (TPSA) is 111 Å². The average Bonchev–Trinajstić information content (AvgIpc) is 3.49. The molecule has 5 aliphatic rings. The monoisotopic (exact) mass is 515 g/mol. The number of alkyl halides is 1. The third-order valence-electron chi connectivity index (χ3n) is 8.55. The van der Waals surface area contributed by atoms with Gasteiger partial charge in [-0.1, -0.05) is 0 Å². The van der Waals surface area contributed by atoms with Crippen LogP contribution in [-0.4, -0.2) is 105 Å². The number of nitrogens with zero attached hydrogens (tertiary/aromatic N) is 3. The Kier molecular flexibility index (Phi) is 7.12. The van der Waals surface area contributed by atoms with Gasteiger partial charge in [0.05, 0.1) is 16.7 Å². The van der Waals surface area contributed by atoms with Gasteiger partial charge in [-0.25, -0.2) is 27.3 Å². The first-order valence-electron chi connectivity index (χ1n) is 12.9. The fourth-order valence-electron chi connectivity index (χ4n) is 6.20. The van der Waals surface area contributed by atoms with Crippen molar-refractivity contribution in [2.45, 2.75) is 61.8 Å². The maximum atomic E-state index is 13.7. The first-order valence-corrected chi connectivity index (χ1v) is 14.5. The molecule has 12 heteroatoms. The highest BCUT2D eigenvalue weighted by molar-refractivity contribution is 7.90. The molecule has 2 saturated carbocycles. The van der Waals surface area contributed by atoms with Crippen LogP contribution in [0.3, 0.4) is 0 Å². The molecule has 0 bridgehead atoms. The highest BCUT2D eigenvalue weighted by Crippen LogP contribution is 2.41. The van der Waals surface area contributed by atoms with Gasteiger partial charge in [-0.05, 0) is 50.9 Å². The minimum atomic E-state index is -3.77. The number of fused-ring (bicyclic) bond motifs is 1. The van der Waals surface area contributed by atoms with Crippen LogP contribution in [0, 0.1) is 17.8 Å². The number of imide groups is 1. The Bertz CT molecular complexity index is 925. The van der Waals surface area contributed by atoms with E-state index in [4.69, 9.17) is 4.74 Å². The maximum absolute atomic E-state index is 13.7. The number of ether oxygens (including phenoxy) is 1. The lowest BCUT2D eigenvalue weighted by atomic mass is 9.80. The van der Waals surface area contributed by atoms with Crippen LogP contribution in [0.1, 0.15) is 44.9 Å². The van der Waals surface area contributed by atoms with Crippen molar-refractivity contribution in [1.82, 2.24) is 25.0 Å². The van der Waals surface area contributed by atoms with Crippen molar-refractivity contribution in [3.63, 3.8) is 0 Å². The number of amides is 3. The van der Waals surface area contributed by atoms with Crippen LogP contribution in [0.25, 0.3) is 0 Å². The molecule has 0 aromatic heterocycles. The molecular weight excluding hydrogens is 477 g/mol. The summed E-state index contributed by atoms with van der Waals surface area (Å²) in [6, 6.07) is -0.535. The summed E-state index contributed by atoms with van der Waals surface area (Å²) in [6.45, 7) is 2.94. The first kappa shape index (κ1) is 25.3. The Morgan fingerprint density at radius 3 is 2.49 bits per heavy atom. The van der Waals surface area contributed by atoms with Gasteiger partial charge in [0.1, 0.15) is 6.67 Å². The Labute approximate surface area is 206 Å². The fraction of sp³-hybridized carbons (Fsp3) is 0.913. The molecule has 2 aliphatic carbocycles. The largest absolute Gasteiger partial charge is 0.381 e. The zero-order valence-corrected chi connectivity index (χ0v) is 21.3. The Hall–Kier alpha value is -1.34. The van der Waals surface area contributed by atoms with Crippen molar-refractivity contribution in [2.24, 2.45) is 17.8 Å². The number of hydrogen-bond acceptors (Lipinski definition) is 7. The molecule has 5 rings (SSSR count). The van der Waals surface area contributed by atoms with Crippen molar-refractivity contribution in [1.29, 1.82) is 0 Å². The van der Waals surface area contributed by atoms with E-state index in [0.29, 0.717) is 64.4 Å². The number of halogens is 1. The standard InChI is InChI=1S/C23H38FN5O5S/c1-27-12-17(11-25-27)14-29-21(30)19-10-18(35(32,33)26-23(15-24)6-7-23)2-3-20(19)28(22(29)31)13-16-4-8-34-9-5-16/h16-20,25-26H,2-15H2,1H3. The van der Waals surface area contributed by atoms with E-state index in [-0.39, 0.29) is 30.3 Å². The molecule has 3 heterocycles. The van der Waals surface area contributed by atoms with Gasteiger partial charge < -0.3 is 9.64 Å². The Morgan fingerprint density at radius 2 is 1.86 bits per heavy atom. The molecule has 3 amide bonds. The predicted octanol–water partition coefficient (Wildman–Crippen LogP) is 0.702. The molecule has 4 unspecified atom stereocenters. The third-order valence-corrected chi connectivity index (χ3v) is 10.6. The highest BCUT2D eigenvalue weighted by atomic mass is 32.2. The molecular formula is C23H38FN5O5S. The van der Waals surface area contributed by atoms with E-state index in [1.165, 1.54) is 4.90 Å². The summed E-state index contributed by atoms with van der Waals surface area (Å²) in [7, 11) is -1.84. The van der Waals surface area contributed by atoms with Crippen molar-refractivity contribution in [3.05, 3.63) is 0 Å². The lowest BCUT2D eigenvalue weighted by molar-refractivity contribution is -0.141.